The molecule has 1 atom stereocenters. The number of ether oxygens (including phenoxy) is 1. The summed E-state index contributed by atoms with van der Waals surface area (Å²) in [5, 5.41) is 0.619. The zero-order valence-electron chi connectivity index (χ0n) is 10.8. The summed E-state index contributed by atoms with van der Waals surface area (Å²) in [6.45, 7) is 0.618. The van der Waals surface area contributed by atoms with Crippen LogP contribution in [0.15, 0.2) is 42.5 Å². The van der Waals surface area contributed by atoms with Gasteiger partial charge >= 0.3 is 0 Å². The van der Waals surface area contributed by atoms with E-state index in [1.807, 2.05) is 0 Å². The second-order valence-electron chi connectivity index (χ2n) is 4.92. The number of fused-ring (bicyclic) bond motifs is 1. The standard InChI is InChI=1S/C16H14ClNOS/c17-12-5-6-14(16(18)20)15(8-12)19-9-11-7-10-3-1-2-4-13(10)11/h1-6,8,11H,7,9H2,(H2,18,20). The molecule has 0 saturated heterocycles. The van der Waals surface area contributed by atoms with E-state index in [1.165, 1.54) is 11.1 Å². The fraction of sp³-hybridized carbons (Fsp3) is 0.188. The first-order chi connectivity index (χ1) is 9.65. The molecule has 0 amide bonds. The normalized spacial score (nSPS) is 16.1. The number of rotatable bonds is 4. The van der Waals surface area contributed by atoms with Crippen LogP contribution in [0.4, 0.5) is 0 Å². The first-order valence-corrected chi connectivity index (χ1v) is 7.23. The summed E-state index contributed by atoms with van der Waals surface area (Å²) in [6, 6.07) is 13.8. The second kappa shape index (κ2) is 5.43. The molecule has 4 heteroatoms. The molecule has 1 aliphatic rings. The third-order valence-corrected chi connectivity index (χ3v) is 4.07. The molecule has 1 aliphatic carbocycles. The Morgan fingerprint density at radius 3 is 2.85 bits per heavy atom. The van der Waals surface area contributed by atoms with Crippen molar-refractivity contribution in [3.05, 3.63) is 64.2 Å². The van der Waals surface area contributed by atoms with Gasteiger partial charge in [0.25, 0.3) is 0 Å². The molecular weight excluding hydrogens is 290 g/mol. The van der Waals surface area contributed by atoms with Gasteiger partial charge in [-0.3, -0.25) is 0 Å². The van der Waals surface area contributed by atoms with Crippen molar-refractivity contribution >= 4 is 28.8 Å². The van der Waals surface area contributed by atoms with Crippen LogP contribution in [0, 0.1) is 0 Å². The van der Waals surface area contributed by atoms with Gasteiger partial charge < -0.3 is 10.5 Å². The fourth-order valence-electron chi connectivity index (χ4n) is 2.52. The predicted octanol–water partition coefficient (Wildman–Crippen LogP) is 3.69. The second-order valence-corrected chi connectivity index (χ2v) is 5.79. The van der Waals surface area contributed by atoms with E-state index >= 15 is 0 Å². The van der Waals surface area contributed by atoms with E-state index in [2.05, 4.69) is 24.3 Å². The molecule has 0 saturated carbocycles. The zero-order valence-corrected chi connectivity index (χ0v) is 12.4. The molecule has 2 nitrogen and oxygen atoms in total. The molecular formula is C16H14ClNOS. The van der Waals surface area contributed by atoms with Crippen molar-refractivity contribution in [2.75, 3.05) is 6.61 Å². The van der Waals surface area contributed by atoms with Gasteiger partial charge in [0.1, 0.15) is 10.7 Å². The van der Waals surface area contributed by atoms with Gasteiger partial charge in [0.05, 0.1) is 12.2 Å². The van der Waals surface area contributed by atoms with Crippen LogP contribution in [0.1, 0.15) is 22.6 Å². The lowest BCUT2D eigenvalue weighted by atomic mass is 9.78. The Labute approximate surface area is 128 Å². The van der Waals surface area contributed by atoms with Crippen LogP contribution in [-0.4, -0.2) is 11.6 Å². The Morgan fingerprint density at radius 1 is 1.30 bits per heavy atom. The van der Waals surface area contributed by atoms with Gasteiger partial charge in [-0.1, -0.05) is 48.1 Å². The van der Waals surface area contributed by atoms with Gasteiger partial charge in [-0.15, -0.1) is 0 Å². The summed E-state index contributed by atoms with van der Waals surface area (Å²) in [7, 11) is 0. The maximum Gasteiger partial charge on any atom is 0.130 e. The van der Waals surface area contributed by atoms with Crippen LogP contribution in [0.2, 0.25) is 5.02 Å². The summed E-state index contributed by atoms with van der Waals surface area (Å²) in [4.78, 5) is 0.325. The minimum Gasteiger partial charge on any atom is -0.492 e. The lowest BCUT2D eigenvalue weighted by Crippen LogP contribution is -2.23. The van der Waals surface area contributed by atoms with Crippen molar-refractivity contribution in [1.82, 2.24) is 0 Å². The van der Waals surface area contributed by atoms with Gasteiger partial charge in [-0.05, 0) is 35.7 Å². The highest BCUT2D eigenvalue weighted by molar-refractivity contribution is 7.80. The summed E-state index contributed by atoms with van der Waals surface area (Å²) in [5.74, 6) is 1.10. The molecule has 0 fully saturated rings. The average molecular weight is 304 g/mol. The fourth-order valence-corrected chi connectivity index (χ4v) is 2.85. The van der Waals surface area contributed by atoms with Crippen molar-refractivity contribution in [3.63, 3.8) is 0 Å². The third-order valence-electron chi connectivity index (χ3n) is 3.61. The molecule has 20 heavy (non-hydrogen) atoms. The van der Waals surface area contributed by atoms with Gasteiger partial charge in [0.2, 0.25) is 0 Å². The lowest BCUT2D eigenvalue weighted by Gasteiger charge is -2.30. The molecule has 0 aliphatic heterocycles. The van der Waals surface area contributed by atoms with Crippen molar-refractivity contribution < 1.29 is 4.74 Å². The van der Waals surface area contributed by atoms with Crippen molar-refractivity contribution in [1.29, 1.82) is 0 Å². The van der Waals surface area contributed by atoms with Crippen LogP contribution < -0.4 is 10.5 Å². The minimum atomic E-state index is 0.325. The van der Waals surface area contributed by atoms with Gasteiger partial charge in [-0.25, -0.2) is 0 Å². The van der Waals surface area contributed by atoms with E-state index in [4.69, 9.17) is 34.3 Å². The number of halogens is 1. The number of hydrogen-bond donors (Lipinski definition) is 1. The first kappa shape index (κ1) is 13.4. The molecule has 2 aromatic carbocycles. The van der Waals surface area contributed by atoms with Gasteiger partial charge in [0, 0.05) is 10.9 Å². The quantitative estimate of drug-likeness (QED) is 0.875. The SMILES string of the molecule is NC(=S)c1ccc(Cl)cc1OCC1Cc2ccccc21. The molecule has 0 radical (unpaired) electrons. The first-order valence-electron chi connectivity index (χ1n) is 6.45. The Hall–Kier alpha value is -1.58. The Balaban J connectivity index is 1.74. The Bertz CT molecular complexity index is 671. The number of nitrogens with two attached hydrogens (primary N) is 1. The van der Waals surface area contributed by atoms with Crippen molar-refractivity contribution in [2.24, 2.45) is 5.73 Å². The Kier molecular flexibility index (Phi) is 3.64. The van der Waals surface area contributed by atoms with E-state index in [9.17, 15) is 0 Å². The summed E-state index contributed by atoms with van der Waals surface area (Å²) >= 11 is 11.0. The number of benzene rings is 2. The molecule has 2 aromatic rings. The number of thiocarbonyl (C=S) groups is 1. The predicted molar refractivity (Wildman–Crippen MR) is 85.7 cm³/mol. The maximum absolute atomic E-state index is 6.00. The molecule has 0 bridgehead atoms. The highest BCUT2D eigenvalue weighted by atomic mass is 35.5. The van der Waals surface area contributed by atoms with Crippen LogP contribution in [0.3, 0.4) is 0 Å². The molecule has 3 rings (SSSR count). The number of hydrogen-bond acceptors (Lipinski definition) is 2. The molecule has 2 N–H and O–H groups in total. The zero-order chi connectivity index (χ0) is 14.1. The van der Waals surface area contributed by atoms with Gasteiger partial charge in [-0.2, -0.15) is 0 Å². The molecule has 0 heterocycles. The summed E-state index contributed by atoms with van der Waals surface area (Å²) in [6.07, 6.45) is 1.05. The largest absolute Gasteiger partial charge is 0.492 e. The molecule has 0 aromatic heterocycles. The van der Waals surface area contributed by atoms with E-state index < -0.39 is 0 Å². The van der Waals surface area contributed by atoms with Crippen LogP contribution in [-0.2, 0) is 6.42 Å². The van der Waals surface area contributed by atoms with Crippen molar-refractivity contribution in [2.45, 2.75) is 12.3 Å². The highest BCUT2D eigenvalue weighted by Crippen LogP contribution is 2.35. The van der Waals surface area contributed by atoms with Gasteiger partial charge in [0.15, 0.2) is 0 Å². The minimum absolute atomic E-state index is 0.325. The van der Waals surface area contributed by atoms with Crippen molar-refractivity contribution in [3.8, 4) is 5.75 Å². The average Bonchev–Trinajstić information content (AvgIpc) is 2.39. The van der Waals surface area contributed by atoms with Crippen LogP contribution >= 0.6 is 23.8 Å². The highest BCUT2D eigenvalue weighted by Gasteiger charge is 2.26. The lowest BCUT2D eigenvalue weighted by molar-refractivity contribution is 0.275. The maximum atomic E-state index is 6.00. The topological polar surface area (TPSA) is 35.2 Å². The summed E-state index contributed by atoms with van der Waals surface area (Å²) in [5.41, 5.74) is 9.21. The van der Waals surface area contributed by atoms with Crippen LogP contribution in [0.5, 0.6) is 5.75 Å². The monoisotopic (exact) mass is 303 g/mol. The smallest absolute Gasteiger partial charge is 0.130 e. The third kappa shape index (κ3) is 2.51. The van der Waals surface area contributed by atoms with E-state index in [0.717, 1.165) is 12.0 Å². The summed E-state index contributed by atoms with van der Waals surface area (Å²) < 4.78 is 5.89. The van der Waals surface area contributed by atoms with E-state index in [-0.39, 0.29) is 0 Å². The molecule has 1 unspecified atom stereocenters. The molecule has 102 valence electrons. The van der Waals surface area contributed by atoms with Crippen LogP contribution in [0.25, 0.3) is 0 Å². The Morgan fingerprint density at radius 2 is 2.10 bits per heavy atom. The van der Waals surface area contributed by atoms with E-state index in [1.54, 1.807) is 18.2 Å². The van der Waals surface area contributed by atoms with E-state index in [0.29, 0.717) is 28.3 Å². The molecule has 0 spiro atoms.